The Bertz CT molecular complexity index is 500. The van der Waals surface area contributed by atoms with Crippen molar-refractivity contribution in [3.63, 3.8) is 0 Å². The molecule has 1 amide bonds. The zero-order valence-corrected chi connectivity index (χ0v) is 10.2. The van der Waals surface area contributed by atoms with Crippen LogP contribution >= 0.6 is 11.8 Å². The van der Waals surface area contributed by atoms with Crippen molar-refractivity contribution in [2.75, 3.05) is 5.75 Å². The van der Waals surface area contributed by atoms with Gasteiger partial charge in [-0.1, -0.05) is 23.9 Å². The molecule has 0 bridgehead atoms. The van der Waals surface area contributed by atoms with E-state index in [0.29, 0.717) is 11.6 Å². The number of thioether (sulfide) groups is 1. The fourth-order valence-electron chi connectivity index (χ4n) is 1.25. The minimum atomic E-state index is -0.285. The highest BCUT2D eigenvalue weighted by atomic mass is 32.2. The highest BCUT2D eigenvalue weighted by Gasteiger charge is 2.04. The molecule has 7 heteroatoms. The molecule has 2 rings (SSSR count). The molecule has 2 aromatic rings. The van der Waals surface area contributed by atoms with Gasteiger partial charge in [-0.05, 0) is 17.7 Å². The molecule has 0 aliphatic heterocycles. The van der Waals surface area contributed by atoms with E-state index < -0.39 is 0 Å². The van der Waals surface area contributed by atoms with Gasteiger partial charge in [-0.25, -0.2) is 4.39 Å². The van der Waals surface area contributed by atoms with E-state index in [0.717, 1.165) is 5.56 Å². The molecule has 2 N–H and O–H groups in total. The Balaban J connectivity index is 1.73. The second-order valence-electron chi connectivity index (χ2n) is 3.50. The average molecular weight is 266 g/mol. The maximum atomic E-state index is 12.7. The molecule has 1 heterocycles. The molecule has 94 valence electrons. The summed E-state index contributed by atoms with van der Waals surface area (Å²) in [6.45, 7) is 0.387. The maximum absolute atomic E-state index is 12.7. The van der Waals surface area contributed by atoms with Crippen molar-refractivity contribution in [3.8, 4) is 0 Å². The normalized spacial score (nSPS) is 10.3. The predicted octanol–water partition coefficient (Wildman–Crippen LogP) is 1.35. The molecule has 0 saturated carbocycles. The van der Waals surface area contributed by atoms with Gasteiger partial charge in [0, 0.05) is 6.54 Å². The molecule has 0 atom stereocenters. The Hall–Kier alpha value is -1.89. The second kappa shape index (κ2) is 6.15. The molecular formula is C11H11FN4OS. The van der Waals surface area contributed by atoms with Crippen LogP contribution in [0.4, 0.5) is 4.39 Å². The summed E-state index contributed by atoms with van der Waals surface area (Å²) in [7, 11) is 0. The lowest BCUT2D eigenvalue weighted by atomic mass is 10.2. The average Bonchev–Trinajstić information content (AvgIpc) is 2.89. The van der Waals surface area contributed by atoms with Crippen molar-refractivity contribution in [1.29, 1.82) is 0 Å². The topological polar surface area (TPSA) is 70.7 Å². The lowest BCUT2D eigenvalue weighted by Gasteiger charge is -2.04. The van der Waals surface area contributed by atoms with Crippen LogP contribution in [0, 0.1) is 5.82 Å². The summed E-state index contributed by atoms with van der Waals surface area (Å²) in [5.41, 5.74) is 0.858. The van der Waals surface area contributed by atoms with E-state index in [9.17, 15) is 9.18 Å². The summed E-state index contributed by atoms with van der Waals surface area (Å²) < 4.78 is 12.7. The maximum Gasteiger partial charge on any atom is 0.230 e. The van der Waals surface area contributed by atoms with Gasteiger partial charge in [0.25, 0.3) is 0 Å². The van der Waals surface area contributed by atoms with Crippen LogP contribution in [0.1, 0.15) is 5.56 Å². The molecule has 0 aliphatic carbocycles. The molecule has 18 heavy (non-hydrogen) atoms. The standard InChI is InChI=1S/C11H11FN4OS/c12-9-3-1-8(2-4-9)5-13-10(17)7-18-11-6-14-16-15-11/h1-4,6H,5,7H2,(H,13,17)(H,14,15,16). The van der Waals surface area contributed by atoms with E-state index in [4.69, 9.17) is 0 Å². The van der Waals surface area contributed by atoms with Gasteiger partial charge in [0.15, 0.2) is 0 Å². The Morgan fingerprint density at radius 1 is 1.39 bits per heavy atom. The molecule has 1 aromatic heterocycles. The number of nitrogens with one attached hydrogen (secondary N) is 2. The molecule has 5 nitrogen and oxygen atoms in total. The molecule has 1 aromatic carbocycles. The largest absolute Gasteiger partial charge is 0.351 e. The zero-order chi connectivity index (χ0) is 12.8. The number of amides is 1. The van der Waals surface area contributed by atoms with Crippen molar-refractivity contribution < 1.29 is 9.18 Å². The number of aromatic nitrogens is 3. The lowest BCUT2D eigenvalue weighted by molar-refractivity contribution is -0.118. The third-order valence-corrected chi connectivity index (χ3v) is 3.05. The number of hydrogen-bond donors (Lipinski definition) is 2. The Kier molecular flexibility index (Phi) is 4.30. The monoisotopic (exact) mass is 266 g/mol. The van der Waals surface area contributed by atoms with Crippen LogP contribution in [0.2, 0.25) is 0 Å². The number of benzene rings is 1. The van der Waals surface area contributed by atoms with Gasteiger partial charge in [0.2, 0.25) is 5.91 Å². The van der Waals surface area contributed by atoms with Crippen molar-refractivity contribution in [2.24, 2.45) is 0 Å². The van der Waals surface area contributed by atoms with Crippen LogP contribution in [0.3, 0.4) is 0 Å². The van der Waals surface area contributed by atoms with Crippen molar-refractivity contribution >= 4 is 17.7 Å². The number of carbonyl (C=O) groups is 1. The van der Waals surface area contributed by atoms with Crippen molar-refractivity contribution in [2.45, 2.75) is 11.6 Å². The third-order valence-electron chi connectivity index (χ3n) is 2.15. The number of rotatable bonds is 5. The molecule has 0 aliphatic rings. The van der Waals surface area contributed by atoms with Gasteiger partial charge in [-0.15, -0.1) is 5.10 Å². The molecule has 0 fully saturated rings. The van der Waals surface area contributed by atoms with Crippen molar-refractivity contribution in [1.82, 2.24) is 20.7 Å². The van der Waals surface area contributed by atoms with Crippen LogP contribution in [0.15, 0.2) is 35.5 Å². The number of hydrogen-bond acceptors (Lipinski definition) is 4. The van der Waals surface area contributed by atoms with Gasteiger partial charge in [0.1, 0.15) is 10.8 Å². The summed E-state index contributed by atoms with van der Waals surface area (Å²) in [6.07, 6.45) is 1.55. The summed E-state index contributed by atoms with van der Waals surface area (Å²) in [4.78, 5) is 11.5. The van der Waals surface area contributed by atoms with Crippen LogP contribution in [0.25, 0.3) is 0 Å². The molecule has 0 saturated heterocycles. The molecule has 0 radical (unpaired) electrons. The smallest absolute Gasteiger partial charge is 0.230 e. The minimum Gasteiger partial charge on any atom is -0.351 e. The predicted molar refractivity (Wildman–Crippen MR) is 65.4 cm³/mol. The second-order valence-corrected chi connectivity index (χ2v) is 4.50. The number of halogens is 1. The van der Waals surface area contributed by atoms with E-state index in [1.807, 2.05) is 0 Å². The van der Waals surface area contributed by atoms with Crippen LogP contribution in [-0.4, -0.2) is 27.1 Å². The zero-order valence-electron chi connectivity index (χ0n) is 9.39. The highest BCUT2D eigenvalue weighted by molar-refractivity contribution is 7.99. The first-order valence-corrected chi connectivity index (χ1v) is 6.22. The number of nitrogens with zero attached hydrogens (tertiary/aromatic N) is 2. The number of H-pyrrole nitrogens is 1. The van der Waals surface area contributed by atoms with Crippen LogP contribution in [-0.2, 0) is 11.3 Å². The van der Waals surface area contributed by atoms with E-state index >= 15 is 0 Å². The fraction of sp³-hybridized carbons (Fsp3) is 0.182. The summed E-state index contributed by atoms with van der Waals surface area (Å²) in [6, 6.07) is 6.01. The first-order valence-electron chi connectivity index (χ1n) is 5.24. The summed E-state index contributed by atoms with van der Waals surface area (Å²) in [5.74, 6) is -0.118. The summed E-state index contributed by atoms with van der Waals surface area (Å²) in [5, 5.41) is 13.3. The van der Waals surface area contributed by atoms with Crippen molar-refractivity contribution in [3.05, 3.63) is 41.8 Å². The van der Waals surface area contributed by atoms with Gasteiger partial charge in [-0.2, -0.15) is 10.3 Å². The number of aromatic amines is 1. The van der Waals surface area contributed by atoms with E-state index in [1.165, 1.54) is 23.9 Å². The van der Waals surface area contributed by atoms with Gasteiger partial charge in [-0.3, -0.25) is 4.79 Å². The van der Waals surface area contributed by atoms with Gasteiger partial charge in [0.05, 0.1) is 11.9 Å². The van der Waals surface area contributed by atoms with E-state index in [2.05, 4.69) is 20.7 Å². The summed E-state index contributed by atoms with van der Waals surface area (Å²) >= 11 is 1.30. The molecular weight excluding hydrogens is 255 g/mol. The number of carbonyl (C=O) groups excluding carboxylic acids is 1. The minimum absolute atomic E-state index is 0.104. The fourth-order valence-corrected chi connectivity index (χ4v) is 1.87. The van der Waals surface area contributed by atoms with E-state index in [-0.39, 0.29) is 17.5 Å². The van der Waals surface area contributed by atoms with Crippen LogP contribution in [0.5, 0.6) is 0 Å². The Morgan fingerprint density at radius 2 is 2.17 bits per heavy atom. The Labute approximate surface area is 107 Å². The Morgan fingerprint density at radius 3 is 2.83 bits per heavy atom. The van der Waals surface area contributed by atoms with Gasteiger partial charge >= 0.3 is 0 Å². The first kappa shape index (κ1) is 12.6. The van der Waals surface area contributed by atoms with E-state index in [1.54, 1.807) is 18.3 Å². The molecule has 0 unspecified atom stereocenters. The molecule has 0 spiro atoms. The third kappa shape index (κ3) is 3.85. The quantitative estimate of drug-likeness (QED) is 0.801. The van der Waals surface area contributed by atoms with Crippen LogP contribution < -0.4 is 5.32 Å². The lowest BCUT2D eigenvalue weighted by Crippen LogP contribution is -2.24. The SMILES string of the molecule is O=C(CSc1cn[nH]n1)NCc1ccc(F)cc1. The van der Waals surface area contributed by atoms with Gasteiger partial charge < -0.3 is 5.32 Å². The first-order chi connectivity index (χ1) is 8.74. The highest BCUT2D eigenvalue weighted by Crippen LogP contribution is 2.11.